The smallest absolute Gasteiger partial charge is 0.0985 e. The largest absolute Gasteiger partial charge is 0.550 e. The summed E-state index contributed by atoms with van der Waals surface area (Å²) in [5.74, 6) is -3.43. The van der Waals surface area contributed by atoms with E-state index in [4.69, 9.17) is 5.11 Å². The molecule has 64 valence electrons. The van der Waals surface area contributed by atoms with E-state index in [-0.39, 0.29) is 32.4 Å². The maximum atomic E-state index is 9.58. The number of rotatable bonds is 3. The number of carbonyl (C=O) groups excluding carboxylic acids is 2. The summed E-state index contributed by atoms with van der Waals surface area (Å²) in [4.78, 5) is 19.1. The van der Waals surface area contributed by atoms with Crippen molar-refractivity contribution < 1.29 is 51.1 Å². The van der Waals surface area contributed by atoms with Crippen molar-refractivity contribution in [3.8, 4) is 0 Å². The van der Waals surface area contributed by atoms with Gasteiger partial charge >= 0.3 is 0 Å². The van der Waals surface area contributed by atoms with E-state index in [1.54, 1.807) is 0 Å². The Hall–Kier alpha value is -0.257. The van der Waals surface area contributed by atoms with Gasteiger partial charge in [-0.3, -0.25) is 0 Å². The maximum absolute atomic E-state index is 9.58. The van der Waals surface area contributed by atoms with Crippen molar-refractivity contribution >= 4 is 11.9 Å². The Morgan fingerprint density at radius 1 is 1.36 bits per heavy atom. The van der Waals surface area contributed by atoms with Crippen molar-refractivity contribution in [1.82, 2.24) is 6.15 Å². The second-order valence-electron chi connectivity index (χ2n) is 1.41. The van der Waals surface area contributed by atoms with E-state index in [1.165, 1.54) is 0 Å². The van der Waals surface area contributed by atoms with E-state index in [1.807, 2.05) is 0 Å². The average Bonchev–Trinajstić information content (AvgIpc) is 1.63. The van der Waals surface area contributed by atoms with Gasteiger partial charge in [0.1, 0.15) is 0 Å². The van der Waals surface area contributed by atoms with Crippen LogP contribution >= 0.6 is 0 Å². The van der Waals surface area contributed by atoms with E-state index < -0.39 is 24.5 Å². The van der Waals surface area contributed by atoms with Gasteiger partial charge in [0.2, 0.25) is 0 Å². The molecule has 1 atom stereocenters. The summed E-state index contributed by atoms with van der Waals surface area (Å²) in [5.41, 5.74) is 0. The number of carbonyl (C=O) groups is 2. The quantitative estimate of drug-likeness (QED) is 0.531. The summed E-state index contributed by atoms with van der Waals surface area (Å²) in [5, 5.41) is 27.3. The number of quaternary nitrogens is 1. The van der Waals surface area contributed by atoms with Crippen LogP contribution in [0.3, 0.4) is 0 Å². The van der Waals surface area contributed by atoms with E-state index in [9.17, 15) is 19.8 Å². The zero-order valence-corrected chi connectivity index (χ0v) is 8.32. The second-order valence-corrected chi connectivity index (χ2v) is 1.41. The summed E-state index contributed by atoms with van der Waals surface area (Å²) in [6, 6.07) is 0. The molecule has 6 nitrogen and oxygen atoms in total. The maximum Gasteiger partial charge on any atom is 0.0985 e. The van der Waals surface area contributed by atoms with Crippen LogP contribution in [0.25, 0.3) is 0 Å². The molecule has 11 heavy (non-hydrogen) atoms. The van der Waals surface area contributed by atoms with E-state index >= 15 is 0 Å². The number of hydrogen-bond acceptors (Lipinski definition) is 5. The Labute approximate surface area is 81.9 Å². The van der Waals surface area contributed by atoms with Crippen LogP contribution in [0.2, 0.25) is 0 Å². The van der Waals surface area contributed by atoms with Gasteiger partial charge in [-0.05, 0) is 0 Å². The van der Waals surface area contributed by atoms with Crippen LogP contribution in [-0.4, -0.2) is 23.1 Å². The molecule has 0 aromatic heterocycles. The fraction of sp³-hybridized carbons (Fsp3) is 0.500. The monoisotopic (exact) mass is 240 g/mol. The minimum Gasteiger partial charge on any atom is -0.550 e. The van der Waals surface area contributed by atoms with Crippen LogP contribution < -0.4 is 16.4 Å². The summed E-state index contributed by atoms with van der Waals surface area (Å²) >= 11 is 0. The Bertz CT molecular complexity index is 138. The molecule has 0 rings (SSSR count). The SMILES string of the molecule is O=C([O-])CC(O)C(=O)[O-].[NH4+].[Zr]. The third kappa shape index (κ3) is 9.74. The van der Waals surface area contributed by atoms with E-state index in [0.29, 0.717) is 0 Å². The first-order chi connectivity index (χ1) is 4.04. The predicted octanol–water partition coefficient (Wildman–Crippen LogP) is -3.39. The van der Waals surface area contributed by atoms with Gasteiger partial charge < -0.3 is 31.1 Å². The summed E-state index contributed by atoms with van der Waals surface area (Å²) < 4.78 is 0. The molecule has 0 radical (unpaired) electrons. The number of aliphatic hydroxyl groups is 1. The van der Waals surface area contributed by atoms with Crippen LogP contribution in [0.1, 0.15) is 6.42 Å². The molecule has 0 aliphatic carbocycles. The molecule has 0 bridgehead atoms. The molecular weight excluding hydrogens is 233 g/mol. The summed E-state index contributed by atoms with van der Waals surface area (Å²) in [6.45, 7) is 0. The third-order valence-electron chi connectivity index (χ3n) is 0.632. The molecule has 0 spiro atoms. The van der Waals surface area contributed by atoms with Crippen LogP contribution in [0.4, 0.5) is 0 Å². The minimum absolute atomic E-state index is 0. The van der Waals surface area contributed by atoms with E-state index in [2.05, 4.69) is 0 Å². The van der Waals surface area contributed by atoms with Gasteiger partial charge in [0.15, 0.2) is 0 Å². The van der Waals surface area contributed by atoms with Crippen molar-refractivity contribution in [2.24, 2.45) is 0 Å². The first kappa shape index (κ1) is 17.0. The molecule has 1 unspecified atom stereocenters. The van der Waals surface area contributed by atoms with Gasteiger partial charge in [0.25, 0.3) is 0 Å². The van der Waals surface area contributed by atoms with Gasteiger partial charge in [-0.1, -0.05) is 0 Å². The van der Waals surface area contributed by atoms with Crippen molar-refractivity contribution in [3.05, 3.63) is 0 Å². The van der Waals surface area contributed by atoms with Gasteiger partial charge in [-0.25, -0.2) is 0 Å². The zero-order valence-electron chi connectivity index (χ0n) is 5.86. The molecule has 0 aliphatic heterocycles. The van der Waals surface area contributed by atoms with Crippen molar-refractivity contribution in [2.75, 3.05) is 0 Å². The normalized spacial score (nSPS) is 10.3. The number of hydrogen-bond donors (Lipinski definition) is 2. The fourth-order valence-corrected chi connectivity index (χ4v) is 0.241. The molecule has 0 saturated carbocycles. The second kappa shape index (κ2) is 7.85. The molecule has 0 fully saturated rings. The van der Waals surface area contributed by atoms with Crippen molar-refractivity contribution in [3.63, 3.8) is 0 Å². The summed E-state index contributed by atoms with van der Waals surface area (Å²) in [7, 11) is 0. The molecule has 0 aliphatic rings. The Kier molecular flexibility index (Phi) is 12.1. The number of aliphatic carboxylic acids is 2. The van der Waals surface area contributed by atoms with Gasteiger partial charge in [0.05, 0.1) is 12.1 Å². The van der Waals surface area contributed by atoms with Crippen LogP contribution in [0, 0.1) is 0 Å². The number of aliphatic hydroxyl groups excluding tert-OH is 1. The van der Waals surface area contributed by atoms with Crippen molar-refractivity contribution in [2.45, 2.75) is 12.5 Å². The van der Waals surface area contributed by atoms with E-state index in [0.717, 1.165) is 0 Å². The van der Waals surface area contributed by atoms with Gasteiger partial charge in [-0.15, -0.1) is 0 Å². The predicted molar refractivity (Wildman–Crippen MR) is 26.6 cm³/mol. The first-order valence-corrected chi connectivity index (χ1v) is 2.13. The van der Waals surface area contributed by atoms with Gasteiger partial charge in [0, 0.05) is 38.6 Å². The Morgan fingerprint density at radius 3 is 1.82 bits per heavy atom. The standard InChI is InChI=1S/C4H6O5.H3N.Zr/c5-2(4(8)9)1-3(6)7;;/h2,5H,1H2,(H,6,7)(H,8,9);1H3;/p-1. The van der Waals surface area contributed by atoms with Gasteiger partial charge in [-0.2, -0.15) is 0 Å². The van der Waals surface area contributed by atoms with Crippen molar-refractivity contribution in [1.29, 1.82) is 0 Å². The first-order valence-electron chi connectivity index (χ1n) is 2.13. The number of carboxylic acids is 2. The molecule has 0 amide bonds. The Balaban J connectivity index is -0.000000320. The number of carboxylic acid groups (broad SMARTS) is 2. The third-order valence-corrected chi connectivity index (χ3v) is 0.632. The molecule has 5 N–H and O–H groups in total. The molecule has 7 heteroatoms. The van der Waals surface area contributed by atoms with Crippen LogP contribution in [0.5, 0.6) is 0 Å². The molecular formula is C4H8NO5Zr-. The topological polar surface area (TPSA) is 137 Å². The molecule has 0 saturated heterocycles. The Morgan fingerprint density at radius 2 is 1.73 bits per heavy atom. The van der Waals surface area contributed by atoms with Crippen LogP contribution in [0.15, 0.2) is 0 Å². The fourth-order valence-electron chi connectivity index (χ4n) is 0.241. The molecule has 0 heterocycles. The molecule has 0 aromatic rings. The molecule has 0 aromatic carbocycles. The summed E-state index contributed by atoms with van der Waals surface area (Å²) in [6.07, 6.45) is -2.89. The average molecular weight is 241 g/mol. The minimum atomic E-state index is -1.96. The zero-order chi connectivity index (χ0) is 7.44. The van der Waals surface area contributed by atoms with Crippen LogP contribution in [-0.2, 0) is 35.8 Å².